The summed E-state index contributed by atoms with van der Waals surface area (Å²) in [7, 11) is 1.65. The number of ether oxygens (including phenoxy) is 1. The van der Waals surface area contributed by atoms with Crippen molar-refractivity contribution in [3.8, 4) is 16.9 Å². The van der Waals surface area contributed by atoms with Crippen molar-refractivity contribution in [1.82, 2.24) is 4.90 Å². The number of carbonyl (C=O) groups excluding carboxylic acids is 1. The third-order valence-electron chi connectivity index (χ3n) is 5.03. The number of halogens is 1. The van der Waals surface area contributed by atoms with E-state index in [0.29, 0.717) is 6.54 Å². The van der Waals surface area contributed by atoms with Gasteiger partial charge in [-0.25, -0.2) is 4.39 Å². The molecule has 1 aliphatic heterocycles. The predicted molar refractivity (Wildman–Crippen MR) is 106 cm³/mol. The largest absolute Gasteiger partial charge is 0.497 e. The van der Waals surface area contributed by atoms with E-state index in [9.17, 15) is 9.18 Å². The molecule has 0 aliphatic carbocycles. The number of rotatable bonds is 4. The van der Waals surface area contributed by atoms with Crippen LogP contribution in [0.3, 0.4) is 0 Å². The molecule has 1 aromatic heterocycles. The zero-order valence-electron chi connectivity index (χ0n) is 15.0. The van der Waals surface area contributed by atoms with Crippen LogP contribution in [0, 0.1) is 5.82 Å². The van der Waals surface area contributed by atoms with Gasteiger partial charge in [-0.15, -0.1) is 11.3 Å². The highest BCUT2D eigenvalue weighted by atomic mass is 32.1. The topological polar surface area (TPSA) is 29.5 Å². The van der Waals surface area contributed by atoms with Crippen molar-refractivity contribution >= 4 is 17.2 Å². The summed E-state index contributed by atoms with van der Waals surface area (Å²) in [5.74, 6) is 0.143. The van der Waals surface area contributed by atoms with Crippen molar-refractivity contribution in [3.63, 3.8) is 0 Å². The lowest BCUT2D eigenvalue weighted by atomic mass is 9.93. The average Bonchev–Trinajstić information content (AvgIpc) is 3.36. The molecule has 138 valence electrons. The minimum Gasteiger partial charge on any atom is -0.497 e. The molecule has 2 heterocycles. The molecule has 0 saturated carbocycles. The summed E-state index contributed by atoms with van der Waals surface area (Å²) in [4.78, 5) is 14.9. The second kappa shape index (κ2) is 7.53. The summed E-state index contributed by atoms with van der Waals surface area (Å²) in [5.41, 5.74) is 3.22. The Morgan fingerprint density at radius 3 is 2.81 bits per heavy atom. The first kappa shape index (κ1) is 17.7. The van der Waals surface area contributed by atoms with E-state index in [1.807, 2.05) is 41.3 Å². The molecule has 3 aromatic rings. The number of likely N-dealkylation sites (tertiary alicyclic amines) is 1. The van der Waals surface area contributed by atoms with E-state index in [1.54, 1.807) is 12.5 Å². The Morgan fingerprint density at radius 1 is 1.19 bits per heavy atom. The zero-order valence-corrected chi connectivity index (χ0v) is 15.8. The molecule has 27 heavy (non-hydrogen) atoms. The smallest absolute Gasteiger partial charge is 0.267 e. The molecule has 2 aromatic carbocycles. The van der Waals surface area contributed by atoms with Crippen molar-refractivity contribution < 1.29 is 13.9 Å². The lowest BCUT2D eigenvalue weighted by Gasteiger charge is -2.26. The third-order valence-corrected chi connectivity index (χ3v) is 5.90. The highest BCUT2D eigenvalue weighted by molar-refractivity contribution is 7.12. The second-order valence-electron chi connectivity index (χ2n) is 6.57. The fraction of sp³-hybridized carbons (Fsp3) is 0.227. The minimum atomic E-state index is -0.434. The maximum atomic E-state index is 14.0. The molecule has 5 heteroatoms. The minimum absolute atomic E-state index is 0.0543. The van der Waals surface area contributed by atoms with E-state index in [2.05, 4.69) is 12.1 Å². The summed E-state index contributed by atoms with van der Waals surface area (Å²) in [6, 6.07) is 17.3. The molecular formula is C22H20FNO2S. The highest BCUT2D eigenvalue weighted by Gasteiger charge is 2.33. The van der Waals surface area contributed by atoms with E-state index < -0.39 is 5.82 Å². The van der Waals surface area contributed by atoms with Gasteiger partial charge in [0.05, 0.1) is 13.2 Å². The van der Waals surface area contributed by atoms with E-state index in [4.69, 9.17) is 4.74 Å². The fourth-order valence-corrected chi connectivity index (χ4v) is 4.47. The number of nitrogens with zero attached hydrogens (tertiary/aromatic N) is 1. The molecule has 3 nitrogen and oxygen atoms in total. The van der Waals surface area contributed by atoms with E-state index in [1.165, 1.54) is 6.07 Å². The van der Waals surface area contributed by atoms with Crippen LogP contribution >= 0.6 is 11.3 Å². The van der Waals surface area contributed by atoms with Gasteiger partial charge in [-0.05, 0) is 53.1 Å². The second-order valence-corrected chi connectivity index (χ2v) is 7.49. The number of amides is 1. The van der Waals surface area contributed by atoms with E-state index >= 15 is 0 Å². The third kappa shape index (κ3) is 3.35. The summed E-state index contributed by atoms with van der Waals surface area (Å²) < 4.78 is 19.3. The summed E-state index contributed by atoms with van der Waals surface area (Å²) in [6.07, 6.45) is 1.79. The van der Waals surface area contributed by atoms with Crippen LogP contribution in [-0.2, 0) is 0 Å². The van der Waals surface area contributed by atoms with Gasteiger partial charge in [0.25, 0.3) is 5.91 Å². The first-order valence-electron chi connectivity index (χ1n) is 8.96. The van der Waals surface area contributed by atoms with Crippen molar-refractivity contribution in [2.75, 3.05) is 13.7 Å². The van der Waals surface area contributed by atoms with Gasteiger partial charge in [-0.2, -0.15) is 0 Å². The van der Waals surface area contributed by atoms with E-state index in [0.717, 1.165) is 46.6 Å². The van der Waals surface area contributed by atoms with Crippen LogP contribution in [0.15, 0.2) is 60.0 Å². The molecule has 1 fully saturated rings. The van der Waals surface area contributed by atoms with Crippen molar-refractivity contribution in [3.05, 3.63) is 76.2 Å². The SMILES string of the molecule is COc1cccc(-c2ccccc2[C@H]2CCCN2C(=O)c2sccc2F)c1. The molecule has 1 atom stereocenters. The maximum absolute atomic E-state index is 14.0. The van der Waals surface area contributed by atoms with Crippen molar-refractivity contribution in [2.24, 2.45) is 0 Å². The number of thiophene rings is 1. The normalized spacial score (nSPS) is 16.5. The van der Waals surface area contributed by atoms with Gasteiger partial charge >= 0.3 is 0 Å². The van der Waals surface area contributed by atoms with Gasteiger partial charge in [-0.3, -0.25) is 4.79 Å². The molecular weight excluding hydrogens is 361 g/mol. The molecule has 0 bridgehead atoms. The lowest BCUT2D eigenvalue weighted by molar-refractivity contribution is 0.0736. The lowest BCUT2D eigenvalue weighted by Crippen LogP contribution is -2.30. The molecule has 0 radical (unpaired) electrons. The first-order chi connectivity index (χ1) is 13.2. The Morgan fingerprint density at radius 2 is 2.04 bits per heavy atom. The van der Waals surface area contributed by atoms with Crippen LogP contribution in [0.5, 0.6) is 5.75 Å². The predicted octanol–water partition coefficient (Wildman–Crippen LogP) is 5.54. The Labute approximate surface area is 162 Å². The van der Waals surface area contributed by atoms with Crippen molar-refractivity contribution in [1.29, 1.82) is 0 Å². The number of carbonyl (C=O) groups is 1. The van der Waals surface area contributed by atoms with Crippen molar-refractivity contribution in [2.45, 2.75) is 18.9 Å². The Kier molecular flexibility index (Phi) is 4.94. The number of hydrogen-bond acceptors (Lipinski definition) is 3. The number of hydrogen-bond donors (Lipinski definition) is 0. The first-order valence-corrected chi connectivity index (χ1v) is 9.84. The molecule has 1 amide bonds. The molecule has 0 spiro atoms. The van der Waals surface area contributed by atoms with Gasteiger partial charge in [0.1, 0.15) is 16.4 Å². The monoisotopic (exact) mass is 381 g/mol. The molecule has 4 rings (SSSR count). The summed E-state index contributed by atoms with van der Waals surface area (Å²) in [6.45, 7) is 0.646. The van der Waals surface area contributed by atoms with Crippen LogP contribution < -0.4 is 4.74 Å². The van der Waals surface area contributed by atoms with Crippen LogP contribution in [0.25, 0.3) is 11.1 Å². The number of methoxy groups -OCH3 is 1. The molecule has 1 aliphatic rings. The molecule has 0 N–H and O–H groups in total. The van der Waals surface area contributed by atoms with Crippen LogP contribution in [0.4, 0.5) is 4.39 Å². The van der Waals surface area contributed by atoms with E-state index in [-0.39, 0.29) is 16.8 Å². The fourth-order valence-electron chi connectivity index (χ4n) is 3.75. The van der Waals surface area contributed by atoms with Gasteiger partial charge in [0, 0.05) is 6.54 Å². The maximum Gasteiger partial charge on any atom is 0.267 e. The van der Waals surface area contributed by atoms with Crippen LogP contribution in [0.2, 0.25) is 0 Å². The number of benzene rings is 2. The standard InChI is InChI=1S/C22H20FNO2S/c1-26-16-7-4-6-15(14-16)17-8-2-3-9-18(17)20-10-5-12-24(20)22(25)21-19(23)11-13-27-21/h2-4,6-9,11,13-14,20H,5,10,12H2,1H3/t20-/m1/s1. The summed E-state index contributed by atoms with van der Waals surface area (Å²) >= 11 is 1.16. The van der Waals surface area contributed by atoms with Crippen LogP contribution in [0.1, 0.15) is 34.1 Å². The van der Waals surface area contributed by atoms with Gasteiger partial charge < -0.3 is 9.64 Å². The zero-order chi connectivity index (χ0) is 18.8. The van der Waals surface area contributed by atoms with Crippen LogP contribution in [-0.4, -0.2) is 24.5 Å². The molecule has 0 unspecified atom stereocenters. The van der Waals surface area contributed by atoms with Gasteiger partial charge in [0.15, 0.2) is 0 Å². The Bertz CT molecular complexity index is 968. The van der Waals surface area contributed by atoms with Gasteiger partial charge in [-0.1, -0.05) is 36.4 Å². The Hall–Kier alpha value is -2.66. The molecule has 1 saturated heterocycles. The quantitative estimate of drug-likeness (QED) is 0.594. The summed E-state index contributed by atoms with van der Waals surface area (Å²) in [5, 5.41) is 1.62. The van der Waals surface area contributed by atoms with Gasteiger partial charge in [0.2, 0.25) is 0 Å². The Balaban J connectivity index is 1.72. The average molecular weight is 381 g/mol. The highest BCUT2D eigenvalue weighted by Crippen LogP contribution is 2.39.